The van der Waals surface area contributed by atoms with Crippen molar-refractivity contribution in [2.75, 3.05) is 20.0 Å². The van der Waals surface area contributed by atoms with Crippen molar-refractivity contribution < 1.29 is 9.47 Å². The number of ether oxygens (including phenoxy) is 2. The number of rotatable bonds is 6. The lowest BCUT2D eigenvalue weighted by atomic mass is 9.93. The van der Waals surface area contributed by atoms with Crippen LogP contribution in [-0.2, 0) is 11.3 Å². The molecule has 1 atom stereocenters. The topological polar surface area (TPSA) is 43.4 Å². The van der Waals surface area contributed by atoms with Gasteiger partial charge in [-0.25, -0.2) is 4.98 Å². The van der Waals surface area contributed by atoms with Crippen molar-refractivity contribution in [3.8, 4) is 17.0 Å². The van der Waals surface area contributed by atoms with Gasteiger partial charge in [0.25, 0.3) is 0 Å². The van der Waals surface area contributed by atoms with Crippen LogP contribution < -0.4 is 10.1 Å². The Morgan fingerprint density at radius 3 is 2.67 bits per heavy atom. The lowest BCUT2D eigenvalue weighted by Crippen LogP contribution is -2.43. The molecule has 0 radical (unpaired) electrons. The van der Waals surface area contributed by atoms with E-state index in [0.29, 0.717) is 6.04 Å². The summed E-state index contributed by atoms with van der Waals surface area (Å²) in [5, 5.41) is 4.94. The highest BCUT2D eigenvalue weighted by molar-refractivity contribution is 7.98. The van der Waals surface area contributed by atoms with E-state index in [-0.39, 0.29) is 5.60 Å². The summed E-state index contributed by atoms with van der Waals surface area (Å²) in [6.07, 6.45) is 4.15. The molecular formula is C25H30N2O2S. The van der Waals surface area contributed by atoms with Crippen molar-refractivity contribution >= 4 is 22.7 Å². The highest BCUT2D eigenvalue weighted by Gasteiger charge is 2.28. The molecule has 1 N–H and O–H groups in total. The minimum absolute atomic E-state index is 0.0649. The van der Waals surface area contributed by atoms with Crippen LogP contribution in [0, 0.1) is 0 Å². The Labute approximate surface area is 183 Å². The molecule has 5 heteroatoms. The van der Waals surface area contributed by atoms with E-state index in [1.807, 2.05) is 12.1 Å². The van der Waals surface area contributed by atoms with Crippen LogP contribution in [0.3, 0.4) is 0 Å². The van der Waals surface area contributed by atoms with Crippen LogP contribution in [0.25, 0.3) is 22.2 Å². The summed E-state index contributed by atoms with van der Waals surface area (Å²) in [7, 11) is 1.69. The van der Waals surface area contributed by atoms with Gasteiger partial charge in [-0.15, -0.1) is 11.8 Å². The summed E-state index contributed by atoms with van der Waals surface area (Å²) in [5.41, 5.74) is 4.32. The molecule has 1 aromatic heterocycles. The Balaban J connectivity index is 1.68. The molecule has 0 spiro atoms. The first-order chi connectivity index (χ1) is 14.5. The summed E-state index contributed by atoms with van der Waals surface area (Å²) < 4.78 is 11.2. The Morgan fingerprint density at radius 1 is 1.17 bits per heavy atom. The van der Waals surface area contributed by atoms with Gasteiger partial charge < -0.3 is 14.8 Å². The second-order valence-electron chi connectivity index (χ2n) is 8.46. The van der Waals surface area contributed by atoms with Gasteiger partial charge in [0.15, 0.2) is 0 Å². The zero-order chi connectivity index (χ0) is 21.1. The lowest BCUT2D eigenvalue weighted by molar-refractivity contribution is -0.0630. The van der Waals surface area contributed by atoms with Gasteiger partial charge in [-0.1, -0.05) is 6.07 Å². The molecule has 158 valence electrons. The first kappa shape index (κ1) is 21.2. The molecule has 0 saturated carbocycles. The summed E-state index contributed by atoms with van der Waals surface area (Å²) in [5.74, 6) is 0.855. The second kappa shape index (κ2) is 8.96. The SMILES string of the molecule is COc1ccc(-c2nc3cc(SC)ccc3cc2CN[C@H]2CCOC(C)(C)C2)cc1. The first-order valence-corrected chi connectivity index (χ1v) is 11.7. The van der Waals surface area contributed by atoms with E-state index in [2.05, 4.69) is 61.8 Å². The Bertz CT molecular complexity index is 1020. The summed E-state index contributed by atoms with van der Waals surface area (Å²) in [4.78, 5) is 6.31. The number of benzene rings is 2. The maximum atomic E-state index is 5.88. The predicted molar refractivity (Wildman–Crippen MR) is 125 cm³/mol. The molecule has 4 rings (SSSR count). The van der Waals surface area contributed by atoms with Crippen molar-refractivity contribution in [2.24, 2.45) is 0 Å². The molecule has 1 aliphatic heterocycles. The highest BCUT2D eigenvalue weighted by atomic mass is 32.2. The van der Waals surface area contributed by atoms with Crippen LogP contribution in [0.4, 0.5) is 0 Å². The third-order valence-electron chi connectivity index (χ3n) is 5.75. The van der Waals surface area contributed by atoms with Crippen molar-refractivity contribution in [2.45, 2.75) is 49.8 Å². The van der Waals surface area contributed by atoms with Crippen molar-refractivity contribution in [3.05, 3.63) is 54.1 Å². The van der Waals surface area contributed by atoms with Gasteiger partial charge in [-0.2, -0.15) is 0 Å². The number of hydrogen-bond donors (Lipinski definition) is 1. The lowest BCUT2D eigenvalue weighted by Gasteiger charge is -2.36. The van der Waals surface area contributed by atoms with Crippen LogP contribution >= 0.6 is 11.8 Å². The van der Waals surface area contributed by atoms with Gasteiger partial charge in [0.1, 0.15) is 5.75 Å². The third-order valence-corrected chi connectivity index (χ3v) is 6.47. The normalized spacial score (nSPS) is 18.5. The van der Waals surface area contributed by atoms with Crippen molar-refractivity contribution in [1.29, 1.82) is 0 Å². The van der Waals surface area contributed by atoms with Gasteiger partial charge in [-0.3, -0.25) is 0 Å². The predicted octanol–water partition coefficient (Wildman–Crippen LogP) is 5.68. The zero-order valence-electron chi connectivity index (χ0n) is 18.2. The Morgan fingerprint density at radius 2 is 1.97 bits per heavy atom. The standard InChI is InChI=1S/C25H30N2O2S/c1-25(2)15-20(11-12-29-25)26-16-19-13-18-7-10-22(30-4)14-23(18)27-24(19)17-5-8-21(28-3)9-6-17/h5-10,13-14,20,26H,11-12,15-16H2,1-4H3/t20-/m0/s1. The molecule has 0 aliphatic carbocycles. The van der Waals surface area contributed by atoms with E-state index in [4.69, 9.17) is 14.5 Å². The minimum atomic E-state index is -0.0649. The van der Waals surface area contributed by atoms with Gasteiger partial charge in [0.05, 0.1) is 23.9 Å². The number of fused-ring (bicyclic) bond motifs is 1. The van der Waals surface area contributed by atoms with Crippen molar-refractivity contribution in [1.82, 2.24) is 10.3 Å². The molecule has 0 amide bonds. The number of aromatic nitrogens is 1. The minimum Gasteiger partial charge on any atom is -0.497 e. The molecule has 2 heterocycles. The van der Waals surface area contributed by atoms with Gasteiger partial charge in [0, 0.05) is 35.0 Å². The maximum absolute atomic E-state index is 5.88. The number of hydrogen-bond acceptors (Lipinski definition) is 5. The van der Waals surface area contributed by atoms with Crippen LogP contribution in [-0.4, -0.2) is 36.6 Å². The summed E-state index contributed by atoms with van der Waals surface area (Å²) in [6, 6.07) is 17.4. The van der Waals surface area contributed by atoms with Crippen LogP contribution in [0.5, 0.6) is 5.75 Å². The monoisotopic (exact) mass is 422 g/mol. The quantitative estimate of drug-likeness (QED) is 0.518. The maximum Gasteiger partial charge on any atom is 0.118 e. The average Bonchev–Trinajstić information content (AvgIpc) is 2.76. The van der Waals surface area contributed by atoms with Crippen LogP contribution in [0.2, 0.25) is 0 Å². The van der Waals surface area contributed by atoms with Gasteiger partial charge in [-0.05, 0) is 81.0 Å². The molecule has 0 bridgehead atoms. The van der Waals surface area contributed by atoms with Crippen LogP contribution in [0.1, 0.15) is 32.3 Å². The number of thioether (sulfide) groups is 1. The fourth-order valence-electron chi connectivity index (χ4n) is 4.11. The molecule has 0 unspecified atom stereocenters. The summed E-state index contributed by atoms with van der Waals surface area (Å²) >= 11 is 1.74. The molecule has 30 heavy (non-hydrogen) atoms. The fourth-order valence-corrected chi connectivity index (χ4v) is 4.55. The van der Waals surface area contributed by atoms with Crippen LogP contribution in [0.15, 0.2) is 53.4 Å². The van der Waals surface area contributed by atoms with E-state index in [9.17, 15) is 0 Å². The summed E-state index contributed by atoms with van der Waals surface area (Å²) in [6.45, 7) is 5.94. The molecule has 1 saturated heterocycles. The van der Waals surface area contributed by atoms with Gasteiger partial charge in [0.2, 0.25) is 0 Å². The van der Waals surface area contributed by atoms with E-state index in [1.165, 1.54) is 15.8 Å². The fraction of sp³-hybridized carbons (Fsp3) is 0.400. The smallest absolute Gasteiger partial charge is 0.118 e. The molecular weight excluding hydrogens is 392 g/mol. The highest BCUT2D eigenvalue weighted by Crippen LogP contribution is 2.30. The number of nitrogens with zero attached hydrogens (tertiary/aromatic N) is 1. The second-order valence-corrected chi connectivity index (χ2v) is 9.34. The Kier molecular flexibility index (Phi) is 6.32. The first-order valence-electron chi connectivity index (χ1n) is 10.5. The third kappa shape index (κ3) is 4.80. The molecule has 4 nitrogen and oxygen atoms in total. The van der Waals surface area contributed by atoms with Crippen molar-refractivity contribution in [3.63, 3.8) is 0 Å². The molecule has 2 aromatic carbocycles. The largest absolute Gasteiger partial charge is 0.497 e. The number of nitrogens with one attached hydrogen (secondary N) is 1. The molecule has 1 fully saturated rings. The number of pyridine rings is 1. The van der Waals surface area contributed by atoms with Gasteiger partial charge >= 0.3 is 0 Å². The molecule has 1 aliphatic rings. The number of methoxy groups -OCH3 is 1. The zero-order valence-corrected chi connectivity index (χ0v) is 19.0. The Hall–Kier alpha value is -2.08. The van der Waals surface area contributed by atoms with E-state index < -0.39 is 0 Å². The van der Waals surface area contributed by atoms with E-state index in [1.54, 1.807) is 18.9 Å². The van der Waals surface area contributed by atoms with E-state index in [0.717, 1.165) is 48.5 Å². The molecule has 3 aromatic rings. The van der Waals surface area contributed by atoms with E-state index >= 15 is 0 Å². The average molecular weight is 423 g/mol.